The molecule has 2 aromatic carbocycles. The van der Waals surface area contributed by atoms with Crippen molar-refractivity contribution < 1.29 is 35.1 Å². The summed E-state index contributed by atoms with van der Waals surface area (Å²) in [5.41, 5.74) is 1.08. The predicted octanol–water partition coefficient (Wildman–Crippen LogP) is 2.20. The van der Waals surface area contributed by atoms with E-state index in [-0.39, 0.29) is 24.5 Å². The maximum Gasteiger partial charge on any atom is 0.407 e. The Labute approximate surface area is 181 Å². The zero-order valence-electron chi connectivity index (χ0n) is 16.5. The van der Waals surface area contributed by atoms with E-state index >= 15 is 0 Å². The van der Waals surface area contributed by atoms with Crippen LogP contribution in [0.3, 0.4) is 0 Å². The van der Waals surface area contributed by atoms with Gasteiger partial charge in [-0.15, -0.1) is 0 Å². The molecule has 0 saturated carbocycles. The number of hydrogen-bond acceptors (Lipinski definition) is 7. The second kappa shape index (κ2) is 9.77. The Hall–Kier alpha value is -2.47. The van der Waals surface area contributed by atoms with E-state index in [1.165, 1.54) is 0 Å². The highest BCUT2D eigenvalue weighted by Crippen LogP contribution is 2.24. The highest BCUT2D eigenvalue weighted by Gasteiger charge is 2.39. The number of rotatable bonds is 9. The Morgan fingerprint density at radius 3 is 1.94 bits per heavy atom. The fourth-order valence-electron chi connectivity index (χ4n) is 3.36. The van der Waals surface area contributed by atoms with Crippen LogP contribution in [0.15, 0.2) is 60.7 Å². The lowest BCUT2D eigenvalue weighted by Gasteiger charge is -2.20. The molecule has 1 aliphatic rings. The fraction of sp³-hybridized carbons (Fsp3) is 0.350. The lowest BCUT2D eigenvalue weighted by atomic mass is 10.2. The molecule has 11 heteroatoms. The molecular formula is C20H23NO8S2. The molecule has 0 aliphatic carbocycles. The summed E-state index contributed by atoms with van der Waals surface area (Å²) < 4.78 is 59.4. The summed E-state index contributed by atoms with van der Waals surface area (Å²) in [5, 5.41) is 9.42. The molecule has 1 aliphatic heterocycles. The van der Waals surface area contributed by atoms with Crippen LogP contribution in [0.2, 0.25) is 0 Å². The summed E-state index contributed by atoms with van der Waals surface area (Å²) in [4.78, 5) is 12.5. The molecule has 1 amide bonds. The van der Waals surface area contributed by atoms with Crippen molar-refractivity contribution >= 4 is 26.3 Å². The van der Waals surface area contributed by atoms with Crippen LogP contribution in [0.25, 0.3) is 0 Å². The van der Waals surface area contributed by atoms with E-state index in [1.54, 1.807) is 60.7 Å². The minimum atomic E-state index is -3.95. The topological polar surface area (TPSA) is 127 Å². The van der Waals surface area contributed by atoms with Gasteiger partial charge in [0.2, 0.25) is 0 Å². The highest BCUT2D eigenvalue weighted by molar-refractivity contribution is 7.86. The van der Waals surface area contributed by atoms with Gasteiger partial charge in [-0.05, 0) is 17.5 Å². The van der Waals surface area contributed by atoms with Crippen LogP contribution in [0.5, 0.6) is 0 Å². The third-order valence-corrected chi connectivity index (χ3v) is 7.15. The summed E-state index contributed by atoms with van der Waals surface area (Å²) in [6.45, 7) is -0.615. The molecule has 0 aromatic heterocycles. The van der Waals surface area contributed by atoms with Crippen LogP contribution in [0.4, 0.5) is 4.79 Å². The van der Waals surface area contributed by atoms with Crippen LogP contribution < -0.4 is 0 Å². The van der Waals surface area contributed by atoms with Gasteiger partial charge in [0.05, 0.1) is 25.3 Å². The normalized spacial score (nSPS) is 19.4. The maximum absolute atomic E-state index is 12.3. The molecule has 9 nitrogen and oxygen atoms in total. The Bertz CT molecular complexity index is 1090. The molecule has 1 fully saturated rings. The van der Waals surface area contributed by atoms with Crippen molar-refractivity contribution in [3.63, 3.8) is 0 Å². The summed E-state index contributed by atoms with van der Waals surface area (Å²) in [7, 11) is -7.90. The van der Waals surface area contributed by atoms with Crippen LogP contribution in [0, 0.1) is 0 Å². The smallest absolute Gasteiger partial charge is 0.407 e. The number of hydrogen-bond donors (Lipinski definition) is 1. The molecule has 0 bridgehead atoms. The first kappa shape index (κ1) is 23.2. The Kier molecular flexibility index (Phi) is 7.31. The van der Waals surface area contributed by atoms with E-state index in [0.29, 0.717) is 11.1 Å². The third kappa shape index (κ3) is 7.03. The largest absolute Gasteiger partial charge is 0.465 e. The monoisotopic (exact) mass is 469 g/mol. The molecule has 0 radical (unpaired) electrons. The molecule has 0 unspecified atom stereocenters. The van der Waals surface area contributed by atoms with E-state index in [4.69, 9.17) is 8.37 Å². The van der Waals surface area contributed by atoms with Crippen LogP contribution in [-0.4, -0.2) is 58.2 Å². The second-order valence-electron chi connectivity index (χ2n) is 7.20. The quantitative estimate of drug-likeness (QED) is 0.554. The van der Waals surface area contributed by atoms with E-state index in [1.807, 2.05) is 0 Å². The van der Waals surface area contributed by atoms with Gasteiger partial charge in [-0.25, -0.2) is 4.79 Å². The van der Waals surface area contributed by atoms with Gasteiger partial charge in [-0.2, -0.15) is 16.8 Å². The number of carbonyl (C=O) groups is 1. The van der Waals surface area contributed by atoms with Gasteiger partial charge in [-0.1, -0.05) is 60.7 Å². The SMILES string of the molecule is O=C(O)N1C[C@H](OS(=O)(=O)Cc2ccccc2)C[C@H]1COS(=O)(=O)Cc1ccccc1. The number of benzene rings is 2. The van der Waals surface area contributed by atoms with Crippen LogP contribution >= 0.6 is 0 Å². The first-order valence-electron chi connectivity index (χ1n) is 9.49. The van der Waals surface area contributed by atoms with Crippen molar-refractivity contribution in [1.29, 1.82) is 0 Å². The van der Waals surface area contributed by atoms with Crippen molar-refractivity contribution in [3.8, 4) is 0 Å². The van der Waals surface area contributed by atoms with E-state index < -0.39 is 45.1 Å². The summed E-state index contributed by atoms with van der Waals surface area (Å²) in [5.74, 6) is -0.691. The summed E-state index contributed by atoms with van der Waals surface area (Å²) >= 11 is 0. The molecule has 1 saturated heterocycles. The molecule has 2 aromatic rings. The average molecular weight is 470 g/mol. The van der Waals surface area contributed by atoms with Crippen molar-refractivity contribution in [3.05, 3.63) is 71.8 Å². The third-order valence-electron chi connectivity index (χ3n) is 4.72. The summed E-state index contributed by atoms with van der Waals surface area (Å²) in [6, 6.07) is 16.0. The minimum absolute atomic E-state index is 0.00117. The van der Waals surface area contributed by atoms with Gasteiger partial charge in [0.15, 0.2) is 0 Å². The Morgan fingerprint density at radius 2 is 1.42 bits per heavy atom. The molecule has 0 spiro atoms. The van der Waals surface area contributed by atoms with Crippen LogP contribution in [0.1, 0.15) is 17.5 Å². The first-order chi connectivity index (χ1) is 14.6. The molecule has 31 heavy (non-hydrogen) atoms. The Balaban J connectivity index is 1.60. The van der Waals surface area contributed by atoms with E-state index in [2.05, 4.69) is 0 Å². The van der Waals surface area contributed by atoms with Gasteiger partial charge >= 0.3 is 6.09 Å². The summed E-state index contributed by atoms with van der Waals surface area (Å²) in [6.07, 6.45) is -2.22. The average Bonchev–Trinajstić information content (AvgIpc) is 3.09. The Morgan fingerprint density at radius 1 is 0.903 bits per heavy atom. The maximum atomic E-state index is 12.3. The van der Waals surface area contributed by atoms with Crippen molar-refractivity contribution in [2.75, 3.05) is 13.2 Å². The van der Waals surface area contributed by atoms with Gasteiger partial charge < -0.3 is 10.0 Å². The second-order valence-corrected chi connectivity index (χ2v) is 10.4. The number of carboxylic acid groups (broad SMARTS) is 1. The van der Waals surface area contributed by atoms with Crippen molar-refractivity contribution in [1.82, 2.24) is 4.90 Å². The van der Waals surface area contributed by atoms with Gasteiger partial charge in [0.1, 0.15) is 11.5 Å². The molecule has 2 atom stereocenters. The van der Waals surface area contributed by atoms with E-state index in [0.717, 1.165) is 4.90 Å². The number of amides is 1. The number of likely N-dealkylation sites (tertiary alicyclic amines) is 1. The molecule has 168 valence electrons. The van der Waals surface area contributed by atoms with Crippen molar-refractivity contribution in [2.45, 2.75) is 30.1 Å². The first-order valence-corrected chi connectivity index (χ1v) is 12.6. The zero-order valence-corrected chi connectivity index (χ0v) is 18.2. The fourth-order valence-corrected chi connectivity index (χ4v) is 5.63. The van der Waals surface area contributed by atoms with Crippen molar-refractivity contribution in [2.24, 2.45) is 0 Å². The standard InChI is InChI=1S/C20H23NO8S2/c22-20(23)21-12-19(29-31(26,27)15-17-9-5-2-6-10-17)11-18(21)13-28-30(24,25)14-16-7-3-1-4-8-16/h1-10,18-19H,11-15H2,(H,22,23)/t18-,19+/m0/s1. The molecule has 1 heterocycles. The number of nitrogens with zero attached hydrogens (tertiary/aromatic N) is 1. The van der Waals surface area contributed by atoms with Crippen LogP contribution in [-0.2, 0) is 40.1 Å². The molecule has 1 N–H and O–H groups in total. The molecule has 3 rings (SSSR count). The van der Waals surface area contributed by atoms with E-state index in [9.17, 15) is 26.7 Å². The lowest BCUT2D eigenvalue weighted by Crippen LogP contribution is -2.38. The minimum Gasteiger partial charge on any atom is -0.465 e. The zero-order chi connectivity index (χ0) is 22.5. The van der Waals surface area contributed by atoms with Gasteiger partial charge in [-0.3, -0.25) is 8.37 Å². The highest BCUT2D eigenvalue weighted by atomic mass is 32.2. The molecular weight excluding hydrogens is 446 g/mol. The predicted molar refractivity (Wildman–Crippen MR) is 112 cm³/mol. The van der Waals surface area contributed by atoms with Gasteiger partial charge in [0, 0.05) is 0 Å². The lowest BCUT2D eigenvalue weighted by molar-refractivity contribution is 0.122. The van der Waals surface area contributed by atoms with Gasteiger partial charge in [0.25, 0.3) is 20.2 Å².